The molecule has 2 aromatic rings. The molecular formula is C16H15FN2O2. The van der Waals surface area contributed by atoms with Crippen LogP contribution in [-0.2, 0) is 6.54 Å². The quantitative estimate of drug-likeness (QED) is 0.863. The Labute approximate surface area is 121 Å². The highest BCUT2D eigenvalue weighted by Crippen LogP contribution is 2.24. The number of nitrogens with zero attached hydrogens (tertiary/aromatic N) is 1. The number of nitrogens with two attached hydrogens (primary N) is 1. The molecule has 0 saturated heterocycles. The van der Waals surface area contributed by atoms with Crippen LogP contribution >= 0.6 is 0 Å². The van der Waals surface area contributed by atoms with E-state index >= 15 is 0 Å². The molecule has 108 valence electrons. The number of benzene rings is 2. The summed E-state index contributed by atoms with van der Waals surface area (Å²) in [6.07, 6.45) is 0. The maximum absolute atomic E-state index is 13.1. The smallest absolute Gasteiger partial charge is 0.258 e. The monoisotopic (exact) mass is 286 g/mol. The Bertz CT molecular complexity index is 688. The van der Waals surface area contributed by atoms with Gasteiger partial charge in [0.2, 0.25) is 0 Å². The van der Waals surface area contributed by atoms with E-state index in [-0.39, 0.29) is 11.7 Å². The van der Waals surface area contributed by atoms with E-state index in [0.29, 0.717) is 36.7 Å². The number of hydrogen-bond acceptors (Lipinski definition) is 3. The third kappa shape index (κ3) is 2.67. The summed E-state index contributed by atoms with van der Waals surface area (Å²) in [6.45, 7) is 1.22. The van der Waals surface area contributed by atoms with Crippen molar-refractivity contribution >= 4 is 11.6 Å². The highest BCUT2D eigenvalue weighted by molar-refractivity contribution is 5.97. The SMILES string of the molecule is Nc1cc(F)ccc1CN1CCOc2ccccc2C1=O. The molecule has 2 aromatic carbocycles. The summed E-state index contributed by atoms with van der Waals surface area (Å²) in [5.74, 6) is 0.107. The lowest BCUT2D eigenvalue weighted by atomic mass is 10.1. The van der Waals surface area contributed by atoms with Crippen LogP contribution in [0.1, 0.15) is 15.9 Å². The zero-order valence-electron chi connectivity index (χ0n) is 11.4. The third-order valence-electron chi connectivity index (χ3n) is 3.49. The number of nitrogen functional groups attached to an aromatic ring is 1. The van der Waals surface area contributed by atoms with Gasteiger partial charge in [-0.3, -0.25) is 4.79 Å². The second-order valence-electron chi connectivity index (χ2n) is 4.91. The number of carbonyl (C=O) groups excluding carboxylic acids is 1. The van der Waals surface area contributed by atoms with E-state index < -0.39 is 0 Å². The lowest BCUT2D eigenvalue weighted by Crippen LogP contribution is -2.32. The zero-order valence-corrected chi connectivity index (χ0v) is 11.4. The molecule has 3 rings (SSSR count). The third-order valence-corrected chi connectivity index (χ3v) is 3.49. The fourth-order valence-electron chi connectivity index (χ4n) is 2.37. The van der Waals surface area contributed by atoms with Gasteiger partial charge in [0.25, 0.3) is 5.91 Å². The number of hydrogen-bond donors (Lipinski definition) is 1. The second-order valence-corrected chi connectivity index (χ2v) is 4.91. The summed E-state index contributed by atoms with van der Waals surface area (Å²) in [7, 11) is 0. The van der Waals surface area contributed by atoms with Crippen molar-refractivity contribution in [2.45, 2.75) is 6.54 Å². The standard InChI is InChI=1S/C16H15FN2O2/c17-12-6-5-11(14(18)9-12)10-19-7-8-21-15-4-2-1-3-13(15)16(19)20/h1-6,9H,7-8,10,18H2. The molecule has 4 nitrogen and oxygen atoms in total. The number of para-hydroxylation sites is 1. The normalized spacial score (nSPS) is 14.3. The van der Waals surface area contributed by atoms with Crippen LogP contribution in [0.25, 0.3) is 0 Å². The Balaban J connectivity index is 1.87. The van der Waals surface area contributed by atoms with E-state index in [1.165, 1.54) is 12.1 Å². The lowest BCUT2D eigenvalue weighted by molar-refractivity contribution is 0.0743. The number of ether oxygens (including phenoxy) is 1. The van der Waals surface area contributed by atoms with Crippen molar-refractivity contribution in [3.63, 3.8) is 0 Å². The zero-order chi connectivity index (χ0) is 14.8. The Hall–Kier alpha value is -2.56. The largest absolute Gasteiger partial charge is 0.491 e. The van der Waals surface area contributed by atoms with Crippen molar-refractivity contribution in [2.75, 3.05) is 18.9 Å². The Morgan fingerprint density at radius 1 is 1.24 bits per heavy atom. The molecule has 0 bridgehead atoms. The van der Waals surface area contributed by atoms with Crippen LogP contribution in [0.5, 0.6) is 5.75 Å². The predicted molar refractivity (Wildman–Crippen MR) is 77.5 cm³/mol. The minimum absolute atomic E-state index is 0.105. The van der Waals surface area contributed by atoms with Gasteiger partial charge in [-0.1, -0.05) is 18.2 Å². The molecule has 0 saturated carbocycles. The minimum Gasteiger partial charge on any atom is -0.491 e. The predicted octanol–water partition coefficient (Wildman–Crippen LogP) is 2.44. The van der Waals surface area contributed by atoms with Crippen LogP contribution < -0.4 is 10.5 Å². The van der Waals surface area contributed by atoms with Gasteiger partial charge < -0.3 is 15.4 Å². The summed E-state index contributed by atoms with van der Waals surface area (Å²) in [5, 5.41) is 0. The first-order valence-corrected chi connectivity index (χ1v) is 6.70. The van der Waals surface area contributed by atoms with E-state index in [2.05, 4.69) is 0 Å². The maximum atomic E-state index is 13.1. The highest BCUT2D eigenvalue weighted by Gasteiger charge is 2.23. The first kappa shape index (κ1) is 13.4. The van der Waals surface area contributed by atoms with Crippen LogP contribution in [0.2, 0.25) is 0 Å². The van der Waals surface area contributed by atoms with E-state index in [0.717, 1.165) is 5.56 Å². The highest BCUT2D eigenvalue weighted by atomic mass is 19.1. The van der Waals surface area contributed by atoms with Gasteiger partial charge >= 0.3 is 0 Å². The van der Waals surface area contributed by atoms with Crippen molar-refractivity contribution in [1.82, 2.24) is 4.90 Å². The van der Waals surface area contributed by atoms with Gasteiger partial charge in [-0.15, -0.1) is 0 Å². The number of fused-ring (bicyclic) bond motifs is 1. The van der Waals surface area contributed by atoms with E-state index in [9.17, 15) is 9.18 Å². The van der Waals surface area contributed by atoms with Gasteiger partial charge in [-0.05, 0) is 29.8 Å². The second kappa shape index (κ2) is 5.44. The number of halogens is 1. The summed E-state index contributed by atoms with van der Waals surface area (Å²) in [5.41, 5.74) is 7.42. The van der Waals surface area contributed by atoms with Crippen LogP contribution in [-0.4, -0.2) is 24.0 Å². The average molecular weight is 286 g/mol. The minimum atomic E-state index is -0.382. The van der Waals surface area contributed by atoms with E-state index in [1.54, 1.807) is 29.2 Å². The summed E-state index contributed by atoms with van der Waals surface area (Å²) in [6, 6.07) is 11.4. The van der Waals surface area contributed by atoms with Gasteiger partial charge in [0.1, 0.15) is 18.2 Å². The Kier molecular flexibility index (Phi) is 3.48. The molecule has 1 aliphatic heterocycles. The molecule has 0 fully saturated rings. The molecule has 0 radical (unpaired) electrons. The first-order valence-electron chi connectivity index (χ1n) is 6.70. The van der Waals surface area contributed by atoms with Crippen molar-refractivity contribution in [3.05, 3.63) is 59.4 Å². The molecule has 5 heteroatoms. The molecule has 0 atom stereocenters. The van der Waals surface area contributed by atoms with Gasteiger partial charge in [0.05, 0.1) is 12.1 Å². The van der Waals surface area contributed by atoms with Crippen molar-refractivity contribution in [3.8, 4) is 5.75 Å². The Morgan fingerprint density at radius 2 is 2.05 bits per heavy atom. The molecule has 0 aromatic heterocycles. The van der Waals surface area contributed by atoms with Crippen molar-refractivity contribution in [2.24, 2.45) is 0 Å². The fourth-order valence-corrected chi connectivity index (χ4v) is 2.37. The van der Waals surface area contributed by atoms with Crippen LogP contribution in [0.15, 0.2) is 42.5 Å². The van der Waals surface area contributed by atoms with Crippen molar-refractivity contribution < 1.29 is 13.9 Å². The van der Waals surface area contributed by atoms with Gasteiger partial charge in [0.15, 0.2) is 0 Å². The average Bonchev–Trinajstić information content (AvgIpc) is 2.63. The Morgan fingerprint density at radius 3 is 2.86 bits per heavy atom. The summed E-state index contributed by atoms with van der Waals surface area (Å²) in [4.78, 5) is 14.2. The van der Waals surface area contributed by atoms with Crippen LogP contribution in [0.3, 0.4) is 0 Å². The topological polar surface area (TPSA) is 55.6 Å². The number of amides is 1. The molecule has 21 heavy (non-hydrogen) atoms. The molecule has 0 unspecified atom stereocenters. The van der Waals surface area contributed by atoms with E-state index in [1.807, 2.05) is 6.07 Å². The van der Waals surface area contributed by atoms with Gasteiger partial charge in [-0.2, -0.15) is 0 Å². The molecule has 0 spiro atoms. The molecule has 1 amide bonds. The van der Waals surface area contributed by atoms with Crippen LogP contribution in [0.4, 0.5) is 10.1 Å². The number of carbonyl (C=O) groups is 1. The molecule has 1 heterocycles. The number of anilines is 1. The van der Waals surface area contributed by atoms with Crippen molar-refractivity contribution in [1.29, 1.82) is 0 Å². The molecule has 2 N–H and O–H groups in total. The molecule has 0 aliphatic carbocycles. The van der Waals surface area contributed by atoms with E-state index in [4.69, 9.17) is 10.5 Å². The maximum Gasteiger partial charge on any atom is 0.258 e. The summed E-state index contributed by atoms with van der Waals surface area (Å²) >= 11 is 0. The molecular weight excluding hydrogens is 271 g/mol. The number of rotatable bonds is 2. The summed E-state index contributed by atoms with van der Waals surface area (Å²) < 4.78 is 18.7. The molecule has 1 aliphatic rings. The fraction of sp³-hybridized carbons (Fsp3) is 0.188. The van der Waals surface area contributed by atoms with Crippen LogP contribution in [0, 0.1) is 5.82 Å². The first-order chi connectivity index (χ1) is 10.1. The van der Waals surface area contributed by atoms with Gasteiger partial charge in [0, 0.05) is 12.2 Å². The lowest BCUT2D eigenvalue weighted by Gasteiger charge is -2.20. The van der Waals surface area contributed by atoms with Gasteiger partial charge in [-0.25, -0.2) is 4.39 Å².